The van der Waals surface area contributed by atoms with Crippen LogP contribution in [0.4, 0.5) is 0 Å². The van der Waals surface area contributed by atoms with E-state index in [0.29, 0.717) is 27.9 Å². The number of fused-ring (bicyclic) bond motifs is 2. The lowest BCUT2D eigenvalue weighted by Crippen LogP contribution is -2.53. The summed E-state index contributed by atoms with van der Waals surface area (Å²) in [6, 6.07) is 13.2. The Bertz CT molecular complexity index is 1230. The van der Waals surface area contributed by atoms with Crippen LogP contribution in [0.1, 0.15) is 21.7 Å². The summed E-state index contributed by atoms with van der Waals surface area (Å²) in [6.07, 6.45) is 0.548. The van der Waals surface area contributed by atoms with Gasteiger partial charge in [-0.25, -0.2) is 0 Å². The highest BCUT2D eigenvalue weighted by molar-refractivity contribution is 7.20. The number of hydrogen-bond acceptors (Lipinski definition) is 5. The van der Waals surface area contributed by atoms with Gasteiger partial charge in [0.25, 0.3) is 5.91 Å². The molecule has 3 unspecified atom stereocenters. The minimum atomic E-state index is -0.868. The number of rotatable bonds is 5. The molecule has 3 aromatic rings. The van der Waals surface area contributed by atoms with Crippen LogP contribution in [0, 0.1) is 0 Å². The summed E-state index contributed by atoms with van der Waals surface area (Å²) in [5.41, 5.74) is 0.754. The molecule has 9 heteroatoms. The first-order valence-corrected chi connectivity index (χ1v) is 12.2. The Morgan fingerprint density at radius 2 is 1.97 bits per heavy atom. The van der Waals surface area contributed by atoms with Crippen LogP contribution in [0.5, 0.6) is 0 Å². The molecule has 0 aliphatic carbocycles. The van der Waals surface area contributed by atoms with Gasteiger partial charge in [0.05, 0.1) is 21.0 Å². The van der Waals surface area contributed by atoms with Crippen molar-refractivity contribution < 1.29 is 19.1 Å². The Hall–Kier alpha value is -2.45. The lowest BCUT2D eigenvalue weighted by atomic mass is 10.0. The zero-order chi connectivity index (χ0) is 23.1. The summed E-state index contributed by atoms with van der Waals surface area (Å²) in [4.78, 5) is 41.1. The SMILES string of the molecule is O=C(NC(Cc1ccc(Cl)c(Cl)c1)C(=O)N1CCC2OCC(=O)C21)c1cc2ccccc2s1. The molecule has 2 aliphatic heterocycles. The lowest BCUT2D eigenvalue weighted by molar-refractivity contribution is -0.138. The van der Waals surface area contributed by atoms with Crippen molar-refractivity contribution in [1.29, 1.82) is 0 Å². The maximum Gasteiger partial charge on any atom is 0.262 e. The Morgan fingerprint density at radius 3 is 2.76 bits per heavy atom. The van der Waals surface area contributed by atoms with Gasteiger partial charge in [0.15, 0.2) is 5.78 Å². The number of amides is 2. The van der Waals surface area contributed by atoms with Gasteiger partial charge in [-0.15, -0.1) is 11.3 Å². The largest absolute Gasteiger partial charge is 0.368 e. The molecule has 0 saturated carbocycles. The molecule has 2 fully saturated rings. The second-order valence-electron chi connectivity index (χ2n) is 8.21. The van der Waals surface area contributed by atoms with Crippen molar-refractivity contribution in [1.82, 2.24) is 10.2 Å². The predicted molar refractivity (Wildman–Crippen MR) is 128 cm³/mol. The fourth-order valence-corrected chi connectivity index (χ4v) is 5.75. The minimum absolute atomic E-state index is 0.0186. The van der Waals surface area contributed by atoms with Crippen molar-refractivity contribution >= 4 is 62.2 Å². The lowest BCUT2D eigenvalue weighted by Gasteiger charge is -2.27. The van der Waals surface area contributed by atoms with Crippen LogP contribution in [0.15, 0.2) is 48.5 Å². The maximum absolute atomic E-state index is 13.6. The zero-order valence-electron chi connectivity index (χ0n) is 17.4. The Kier molecular flexibility index (Phi) is 6.14. The molecule has 6 nitrogen and oxygen atoms in total. The van der Waals surface area contributed by atoms with E-state index in [1.807, 2.05) is 30.3 Å². The van der Waals surface area contributed by atoms with E-state index in [1.54, 1.807) is 23.1 Å². The number of likely N-dealkylation sites (tertiary alicyclic amines) is 1. The van der Waals surface area contributed by atoms with E-state index in [4.69, 9.17) is 27.9 Å². The maximum atomic E-state index is 13.6. The molecular formula is C24H20Cl2N2O4S. The molecule has 1 aromatic heterocycles. The highest BCUT2D eigenvalue weighted by atomic mass is 35.5. The van der Waals surface area contributed by atoms with Crippen molar-refractivity contribution in [3.63, 3.8) is 0 Å². The second-order valence-corrected chi connectivity index (χ2v) is 10.1. The first-order chi connectivity index (χ1) is 15.9. The molecule has 0 radical (unpaired) electrons. The second kappa shape index (κ2) is 9.06. The van der Waals surface area contributed by atoms with Gasteiger partial charge in [-0.2, -0.15) is 0 Å². The van der Waals surface area contributed by atoms with E-state index >= 15 is 0 Å². The molecule has 170 valence electrons. The number of carbonyl (C=O) groups excluding carboxylic acids is 3. The number of halogens is 2. The predicted octanol–water partition coefficient (Wildman–Crippen LogP) is 4.12. The van der Waals surface area contributed by atoms with Gasteiger partial charge in [0.2, 0.25) is 5.91 Å². The fourth-order valence-electron chi connectivity index (χ4n) is 4.47. The molecule has 2 aliphatic rings. The highest BCUT2D eigenvalue weighted by Crippen LogP contribution is 2.29. The topological polar surface area (TPSA) is 75.7 Å². The van der Waals surface area contributed by atoms with E-state index in [2.05, 4.69) is 5.32 Å². The van der Waals surface area contributed by atoms with E-state index in [9.17, 15) is 14.4 Å². The van der Waals surface area contributed by atoms with Crippen molar-refractivity contribution in [3.8, 4) is 0 Å². The number of Topliss-reactive ketones (excluding diaryl/α,β-unsaturated/α-hetero) is 1. The molecule has 2 amide bonds. The van der Waals surface area contributed by atoms with Crippen LogP contribution < -0.4 is 5.32 Å². The fraction of sp³-hybridized carbons (Fsp3) is 0.292. The number of benzene rings is 2. The third-order valence-corrected chi connectivity index (χ3v) is 7.93. The Labute approximate surface area is 204 Å². The summed E-state index contributed by atoms with van der Waals surface area (Å²) in [6.45, 7) is 0.432. The van der Waals surface area contributed by atoms with Gasteiger partial charge in [-0.3, -0.25) is 14.4 Å². The van der Waals surface area contributed by atoms with E-state index in [1.165, 1.54) is 11.3 Å². The third-order valence-electron chi connectivity index (χ3n) is 6.07. The molecular weight excluding hydrogens is 483 g/mol. The summed E-state index contributed by atoms with van der Waals surface area (Å²) in [5, 5.41) is 4.65. The number of nitrogens with one attached hydrogen (secondary N) is 1. The zero-order valence-corrected chi connectivity index (χ0v) is 19.8. The van der Waals surface area contributed by atoms with Gasteiger partial charge in [0, 0.05) is 17.7 Å². The molecule has 3 atom stereocenters. The normalized spacial score (nSPS) is 20.8. The molecule has 2 aromatic carbocycles. The summed E-state index contributed by atoms with van der Waals surface area (Å²) in [7, 11) is 0. The Balaban J connectivity index is 1.42. The van der Waals surface area contributed by atoms with E-state index in [-0.39, 0.29) is 36.7 Å². The van der Waals surface area contributed by atoms with Crippen LogP contribution in [-0.4, -0.2) is 53.8 Å². The van der Waals surface area contributed by atoms with Crippen LogP contribution >= 0.6 is 34.5 Å². The third kappa shape index (κ3) is 4.38. The first-order valence-electron chi connectivity index (χ1n) is 10.6. The van der Waals surface area contributed by atoms with Crippen LogP contribution in [-0.2, 0) is 20.7 Å². The number of ketones is 1. The number of thiophene rings is 1. The number of nitrogens with zero attached hydrogens (tertiary/aromatic N) is 1. The number of hydrogen-bond donors (Lipinski definition) is 1. The molecule has 1 N–H and O–H groups in total. The van der Waals surface area contributed by atoms with E-state index < -0.39 is 12.1 Å². The van der Waals surface area contributed by atoms with E-state index in [0.717, 1.165) is 15.6 Å². The van der Waals surface area contributed by atoms with Crippen molar-refractivity contribution in [2.75, 3.05) is 13.2 Å². The summed E-state index contributed by atoms with van der Waals surface area (Å²) >= 11 is 13.6. The van der Waals surface area contributed by atoms with Crippen molar-refractivity contribution in [2.45, 2.75) is 31.0 Å². The van der Waals surface area contributed by atoms with Crippen LogP contribution in [0.25, 0.3) is 10.1 Å². The molecule has 2 saturated heterocycles. The molecule has 5 rings (SSSR count). The molecule has 0 spiro atoms. The monoisotopic (exact) mass is 502 g/mol. The molecule has 0 bridgehead atoms. The van der Waals surface area contributed by atoms with Gasteiger partial charge >= 0.3 is 0 Å². The average molecular weight is 503 g/mol. The average Bonchev–Trinajstić information content (AvgIpc) is 3.51. The van der Waals surface area contributed by atoms with Gasteiger partial charge in [-0.05, 0) is 41.6 Å². The minimum Gasteiger partial charge on any atom is -0.368 e. The van der Waals surface area contributed by atoms with Gasteiger partial charge < -0.3 is 15.0 Å². The quantitative estimate of drug-likeness (QED) is 0.569. The Morgan fingerprint density at radius 1 is 1.15 bits per heavy atom. The molecule has 3 heterocycles. The summed E-state index contributed by atoms with van der Waals surface area (Å²) in [5.74, 6) is -0.740. The number of carbonyl (C=O) groups is 3. The standard InChI is InChI=1S/C24H20Cl2N2O4S/c25-15-6-5-13(9-16(15)26)10-17(24(31)28-8-7-19-22(28)18(29)12-32-19)27-23(30)21-11-14-3-1-2-4-20(14)33-21/h1-6,9,11,17,19,22H,7-8,10,12H2,(H,27,30). The van der Waals surface area contributed by atoms with Gasteiger partial charge in [0.1, 0.15) is 18.7 Å². The first kappa shape index (κ1) is 22.3. The van der Waals surface area contributed by atoms with Crippen molar-refractivity contribution in [2.24, 2.45) is 0 Å². The molecule has 33 heavy (non-hydrogen) atoms. The number of ether oxygens (including phenoxy) is 1. The smallest absolute Gasteiger partial charge is 0.262 e. The highest BCUT2D eigenvalue weighted by Gasteiger charge is 2.48. The summed E-state index contributed by atoms with van der Waals surface area (Å²) < 4.78 is 6.51. The van der Waals surface area contributed by atoms with Crippen molar-refractivity contribution in [3.05, 3.63) is 69.0 Å². The van der Waals surface area contributed by atoms with Gasteiger partial charge in [-0.1, -0.05) is 47.5 Å². The van der Waals surface area contributed by atoms with Crippen LogP contribution in [0.3, 0.4) is 0 Å². The van der Waals surface area contributed by atoms with Crippen LogP contribution in [0.2, 0.25) is 10.0 Å².